The van der Waals surface area contributed by atoms with Gasteiger partial charge in [-0.15, -0.1) is 0 Å². The Hall–Kier alpha value is -3.43. The molecular weight excluding hydrogens is 491 g/mol. The van der Waals surface area contributed by atoms with E-state index in [1.165, 1.54) is 32.1 Å². The number of hydrogen-bond acceptors (Lipinski definition) is 7. The summed E-state index contributed by atoms with van der Waals surface area (Å²) >= 11 is 0. The number of nitrogens with zero attached hydrogens (tertiary/aromatic N) is 7. The molecule has 9 heteroatoms. The second-order valence-corrected chi connectivity index (χ2v) is 11.4. The highest BCUT2D eigenvalue weighted by Gasteiger charge is 2.42. The fraction of sp³-hybridized carbons (Fsp3) is 0.467. The molecule has 2 aliphatic heterocycles. The number of pyridine rings is 1. The highest BCUT2D eigenvalue weighted by Crippen LogP contribution is 2.39. The van der Waals surface area contributed by atoms with E-state index in [2.05, 4.69) is 67.1 Å². The molecule has 206 valence electrons. The van der Waals surface area contributed by atoms with Crippen LogP contribution in [0.4, 0.5) is 16.2 Å². The maximum Gasteiger partial charge on any atom is 0.228 e. The SMILES string of the molecule is C=C/C(=C\c1c(C)nc(C)n1C(C)C)c1cc(Nc2ncc(CN3CCC4(CC3)CN(C)C4)cn2)ncc1F. The fourth-order valence-corrected chi connectivity index (χ4v) is 6.12. The Kier molecular flexibility index (Phi) is 7.64. The molecule has 2 saturated heterocycles. The molecular formula is C30H39FN8. The number of allylic oxidation sites excluding steroid dienone is 2. The van der Waals surface area contributed by atoms with Crippen LogP contribution in [0.3, 0.4) is 0 Å². The molecule has 3 aromatic rings. The van der Waals surface area contributed by atoms with Gasteiger partial charge in [0.15, 0.2) is 0 Å². The van der Waals surface area contributed by atoms with Crippen LogP contribution in [0.1, 0.15) is 61.1 Å². The van der Waals surface area contributed by atoms with Crippen molar-refractivity contribution < 1.29 is 4.39 Å². The molecule has 1 N–H and O–H groups in total. The van der Waals surface area contributed by atoms with Gasteiger partial charge in [-0.3, -0.25) is 4.90 Å². The van der Waals surface area contributed by atoms with E-state index in [9.17, 15) is 4.39 Å². The van der Waals surface area contributed by atoms with Crippen molar-refractivity contribution >= 4 is 23.4 Å². The van der Waals surface area contributed by atoms with Crippen molar-refractivity contribution in [3.05, 3.63) is 71.5 Å². The van der Waals surface area contributed by atoms with Crippen molar-refractivity contribution in [2.75, 3.05) is 38.5 Å². The van der Waals surface area contributed by atoms with Gasteiger partial charge in [0, 0.05) is 49.2 Å². The maximum absolute atomic E-state index is 14.9. The van der Waals surface area contributed by atoms with Gasteiger partial charge in [0.1, 0.15) is 17.5 Å². The van der Waals surface area contributed by atoms with Crippen LogP contribution >= 0.6 is 0 Å². The van der Waals surface area contributed by atoms with Gasteiger partial charge in [-0.2, -0.15) is 0 Å². The van der Waals surface area contributed by atoms with Crippen molar-refractivity contribution in [2.45, 2.75) is 53.1 Å². The maximum atomic E-state index is 14.9. The molecule has 5 rings (SSSR count). The molecule has 0 saturated carbocycles. The molecule has 0 atom stereocenters. The average molecular weight is 531 g/mol. The van der Waals surface area contributed by atoms with Gasteiger partial charge in [0.25, 0.3) is 0 Å². The van der Waals surface area contributed by atoms with Crippen molar-refractivity contribution in [1.82, 2.24) is 34.3 Å². The summed E-state index contributed by atoms with van der Waals surface area (Å²) in [4.78, 5) is 22.7. The summed E-state index contributed by atoms with van der Waals surface area (Å²) in [5, 5.41) is 3.12. The summed E-state index contributed by atoms with van der Waals surface area (Å²) in [6.45, 7) is 17.6. The van der Waals surface area contributed by atoms with Crippen molar-refractivity contribution in [3.63, 3.8) is 0 Å². The third kappa shape index (κ3) is 5.79. The molecule has 3 aromatic heterocycles. The minimum absolute atomic E-state index is 0.222. The van der Waals surface area contributed by atoms with Crippen LogP contribution in [0.5, 0.6) is 0 Å². The second-order valence-electron chi connectivity index (χ2n) is 11.4. The van der Waals surface area contributed by atoms with Crippen LogP contribution < -0.4 is 5.32 Å². The van der Waals surface area contributed by atoms with Crippen LogP contribution in [0.2, 0.25) is 0 Å². The van der Waals surface area contributed by atoms with E-state index >= 15 is 0 Å². The summed E-state index contributed by atoms with van der Waals surface area (Å²) in [7, 11) is 2.20. The molecule has 0 unspecified atom stereocenters. The lowest BCUT2D eigenvalue weighted by Crippen LogP contribution is -2.58. The highest BCUT2D eigenvalue weighted by atomic mass is 19.1. The van der Waals surface area contributed by atoms with E-state index in [1.807, 2.05) is 32.3 Å². The first-order valence-electron chi connectivity index (χ1n) is 13.7. The Morgan fingerprint density at radius 3 is 2.44 bits per heavy atom. The third-order valence-corrected chi connectivity index (χ3v) is 7.98. The van der Waals surface area contributed by atoms with Gasteiger partial charge in [0.05, 0.1) is 17.6 Å². The number of aromatic nitrogens is 5. The third-order valence-electron chi connectivity index (χ3n) is 7.98. The lowest BCUT2D eigenvalue weighted by atomic mass is 9.72. The lowest BCUT2D eigenvalue weighted by molar-refractivity contribution is -0.0329. The lowest BCUT2D eigenvalue weighted by Gasteiger charge is -2.53. The fourth-order valence-electron chi connectivity index (χ4n) is 6.12. The summed E-state index contributed by atoms with van der Waals surface area (Å²) < 4.78 is 17.1. The van der Waals surface area contributed by atoms with E-state index in [-0.39, 0.29) is 6.04 Å². The predicted molar refractivity (Wildman–Crippen MR) is 154 cm³/mol. The number of anilines is 2. The number of rotatable bonds is 8. The first kappa shape index (κ1) is 27.1. The van der Waals surface area contributed by atoms with E-state index in [4.69, 9.17) is 0 Å². The summed E-state index contributed by atoms with van der Waals surface area (Å²) in [6.07, 6.45) is 11.0. The standard InChI is InChI=1S/C30H39FN8/c1-7-24(12-27-21(4)35-22(5)39(27)20(2)3)25-13-28(32-16-26(25)31)36-29-33-14-23(15-34-29)17-38-10-8-30(9-11-38)18-37(6)19-30/h7,12-16,20H,1,8-11,17-19H2,2-6H3,(H,32,33,34,36)/b24-12+. The number of imidazole rings is 1. The van der Waals surface area contributed by atoms with Gasteiger partial charge in [-0.25, -0.2) is 24.3 Å². The van der Waals surface area contributed by atoms with Crippen molar-refractivity contribution in [1.29, 1.82) is 0 Å². The minimum Gasteiger partial charge on any atom is -0.326 e. The summed E-state index contributed by atoms with van der Waals surface area (Å²) in [5.74, 6) is 1.38. The first-order valence-corrected chi connectivity index (χ1v) is 13.7. The summed E-state index contributed by atoms with van der Waals surface area (Å²) in [5.41, 5.74) is 4.50. The van der Waals surface area contributed by atoms with Gasteiger partial charge in [-0.1, -0.05) is 12.7 Å². The largest absolute Gasteiger partial charge is 0.326 e. The van der Waals surface area contributed by atoms with E-state index in [0.29, 0.717) is 28.3 Å². The molecule has 2 fully saturated rings. The van der Waals surface area contributed by atoms with Crippen LogP contribution in [0.25, 0.3) is 11.6 Å². The van der Waals surface area contributed by atoms with E-state index in [1.54, 1.807) is 12.1 Å². The Morgan fingerprint density at radius 1 is 1.13 bits per heavy atom. The van der Waals surface area contributed by atoms with Crippen LogP contribution in [0.15, 0.2) is 37.3 Å². The minimum atomic E-state index is -0.426. The zero-order valence-electron chi connectivity index (χ0n) is 23.7. The van der Waals surface area contributed by atoms with Gasteiger partial charge >= 0.3 is 0 Å². The molecule has 39 heavy (non-hydrogen) atoms. The van der Waals surface area contributed by atoms with Crippen LogP contribution in [-0.2, 0) is 6.54 Å². The first-order chi connectivity index (χ1) is 18.7. The number of piperidine rings is 1. The molecule has 5 heterocycles. The normalized spacial score (nSPS) is 18.0. The smallest absolute Gasteiger partial charge is 0.228 e. The summed E-state index contributed by atoms with van der Waals surface area (Å²) in [6, 6.07) is 1.89. The Bertz CT molecular complexity index is 1360. The zero-order valence-corrected chi connectivity index (χ0v) is 23.7. The monoisotopic (exact) mass is 530 g/mol. The number of halogens is 1. The van der Waals surface area contributed by atoms with E-state index in [0.717, 1.165) is 42.4 Å². The predicted octanol–water partition coefficient (Wildman–Crippen LogP) is 5.40. The molecule has 1 spiro atoms. The molecule has 0 aromatic carbocycles. The van der Waals surface area contributed by atoms with Crippen LogP contribution in [0, 0.1) is 25.1 Å². The quantitative estimate of drug-likeness (QED) is 0.391. The van der Waals surface area contributed by atoms with E-state index < -0.39 is 5.82 Å². The second kappa shape index (κ2) is 11.0. The van der Waals surface area contributed by atoms with Gasteiger partial charge < -0.3 is 14.8 Å². The highest BCUT2D eigenvalue weighted by molar-refractivity contribution is 5.88. The Labute approximate surface area is 230 Å². The molecule has 0 aliphatic carbocycles. The molecule has 0 radical (unpaired) electrons. The number of likely N-dealkylation sites (tertiary alicyclic amines) is 2. The Balaban J connectivity index is 1.28. The number of nitrogens with one attached hydrogen (secondary N) is 1. The van der Waals surface area contributed by atoms with Gasteiger partial charge in [-0.05, 0) is 83.8 Å². The van der Waals surface area contributed by atoms with Gasteiger partial charge in [0.2, 0.25) is 5.95 Å². The zero-order chi connectivity index (χ0) is 27.7. The van der Waals surface area contributed by atoms with Crippen LogP contribution in [-0.4, -0.2) is 67.5 Å². The number of hydrogen-bond donors (Lipinski definition) is 1. The molecule has 0 bridgehead atoms. The topological polar surface area (TPSA) is 75.0 Å². The van der Waals surface area contributed by atoms with Crippen molar-refractivity contribution in [2.24, 2.45) is 5.41 Å². The molecule has 2 aliphatic rings. The molecule has 0 amide bonds. The number of aryl methyl sites for hydroxylation is 2. The van der Waals surface area contributed by atoms with Crippen molar-refractivity contribution in [3.8, 4) is 0 Å². The molecule has 8 nitrogen and oxygen atoms in total. The Morgan fingerprint density at radius 2 is 1.82 bits per heavy atom. The average Bonchev–Trinajstić information content (AvgIpc) is 3.18.